The minimum Gasteiger partial charge on any atom is -0.756 e. The second kappa shape index (κ2) is 29.8. The maximum atomic E-state index is 8.77. The molecule has 0 aliphatic carbocycles. The molecule has 0 fully saturated rings. The third kappa shape index (κ3) is 2110. The summed E-state index contributed by atoms with van der Waals surface area (Å²) in [6.07, 6.45) is 0. The van der Waals surface area contributed by atoms with E-state index in [4.69, 9.17) is 19.2 Å². The van der Waals surface area contributed by atoms with E-state index in [0.717, 1.165) is 0 Å². The van der Waals surface area contributed by atoms with E-state index < -0.39 is 7.82 Å². The predicted octanol–water partition coefficient (Wildman–Crippen LogP) is -3.64. The van der Waals surface area contributed by atoms with E-state index in [1.165, 1.54) is 0 Å². The van der Waals surface area contributed by atoms with Crippen molar-refractivity contribution in [3.05, 3.63) is 0 Å². The zero-order valence-corrected chi connectivity index (χ0v) is 8.50. The maximum Gasteiger partial charge on any atom is 1.00 e. The minimum absolute atomic E-state index is 0. The quantitative estimate of drug-likeness (QED) is 0.260. The Labute approximate surface area is 85.1 Å². The second-order valence-electron chi connectivity index (χ2n) is 0.491. The van der Waals surface area contributed by atoms with Gasteiger partial charge in [-0.05, 0) is 0 Å². The van der Waals surface area contributed by atoms with Crippen LogP contribution in [0.4, 0.5) is 28.2 Å². The van der Waals surface area contributed by atoms with E-state index in [-0.39, 0.29) is 57.8 Å². The van der Waals surface area contributed by atoms with Crippen LogP contribution in [-0.4, -0.2) is 9.79 Å². The Bertz CT molecular complexity index is 65.7. The van der Waals surface area contributed by atoms with Crippen molar-refractivity contribution in [2.45, 2.75) is 0 Å². The number of hydrogen-bond acceptors (Lipinski definition) is 2. The zero-order valence-electron chi connectivity index (χ0n) is 5.61. The molecule has 0 bridgehead atoms. The number of halogens is 6. The molecule has 0 radical (unpaired) electrons. The van der Waals surface area contributed by atoms with E-state index in [1.54, 1.807) is 0 Å². The first-order valence-corrected chi connectivity index (χ1v) is 2.30. The molecule has 0 rings (SSSR count). The molecule has 12 heteroatoms. The SMILES string of the molecule is F.F.F.F.F.F.O=P([O-])(O)O.[Na+]. The summed E-state index contributed by atoms with van der Waals surface area (Å²) in [5, 5.41) is 0. The van der Waals surface area contributed by atoms with Gasteiger partial charge in [0.05, 0.1) is 0 Å². The average Bonchev–Trinajstić information content (AvgIpc) is 0.722. The molecule has 0 spiro atoms. The van der Waals surface area contributed by atoms with E-state index in [2.05, 4.69) is 0 Å². The van der Waals surface area contributed by atoms with Gasteiger partial charge in [-0.3, -0.25) is 32.8 Å². The molecule has 0 atom stereocenters. The Kier molecular flexibility index (Phi) is 196. The van der Waals surface area contributed by atoms with Gasteiger partial charge >= 0.3 is 29.6 Å². The van der Waals surface area contributed by atoms with Gasteiger partial charge in [-0.15, -0.1) is 0 Å². The summed E-state index contributed by atoms with van der Waals surface area (Å²) < 4.78 is 8.77. The fourth-order valence-corrected chi connectivity index (χ4v) is 0. The Morgan fingerprint density at radius 3 is 0.833 bits per heavy atom. The standard InChI is InChI=1S/6FH.Na.H3O4P/c;;;;;;;1-5(2,3)4/h6*1H;;(H3,1,2,3,4)/q;;;;;;+1;/p-1. The fourth-order valence-electron chi connectivity index (χ4n) is 0. The van der Waals surface area contributed by atoms with Gasteiger partial charge in [0.25, 0.3) is 7.82 Å². The molecular formula is H8F6NaO4P. The van der Waals surface area contributed by atoms with Crippen molar-refractivity contribution in [2.24, 2.45) is 0 Å². The normalized spacial score (nSPS) is 4.92. The minimum atomic E-state index is -4.89. The summed E-state index contributed by atoms with van der Waals surface area (Å²) in [5.41, 5.74) is 0. The van der Waals surface area contributed by atoms with Crippen LogP contribution in [0.3, 0.4) is 0 Å². The van der Waals surface area contributed by atoms with Crippen molar-refractivity contribution in [1.82, 2.24) is 0 Å². The predicted molar refractivity (Wildman–Crippen MR) is 27.1 cm³/mol. The first kappa shape index (κ1) is 78.8. The summed E-state index contributed by atoms with van der Waals surface area (Å²) in [7, 11) is -4.89. The van der Waals surface area contributed by atoms with Crippen LogP contribution in [0.1, 0.15) is 0 Å². The molecule has 80 valence electrons. The van der Waals surface area contributed by atoms with Gasteiger partial charge in [0.1, 0.15) is 0 Å². The van der Waals surface area contributed by atoms with Gasteiger partial charge in [-0.2, -0.15) is 0 Å². The third-order valence-electron chi connectivity index (χ3n) is 0. The molecule has 0 aliphatic rings. The van der Waals surface area contributed by atoms with Gasteiger partial charge in [0.15, 0.2) is 0 Å². The number of phosphoric acid groups is 1. The second-order valence-corrected chi connectivity index (χ2v) is 1.47. The molecule has 0 aromatic heterocycles. The van der Waals surface area contributed by atoms with Crippen molar-refractivity contribution >= 4 is 7.82 Å². The van der Waals surface area contributed by atoms with Crippen molar-refractivity contribution < 1.29 is 77.0 Å². The summed E-state index contributed by atoms with van der Waals surface area (Å²) in [4.78, 5) is 22.9. The van der Waals surface area contributed by atoms with E-state index in [9.17, 15) is 0 Å². The Balaban J connectivity index is -0.00000000381. The monoisotopic (exact) mass is 240 g/mol. The van der Waals surface area contributed by atoms with Crippen LogP contribution in [0.2, 0.25) is 0 Å². The van der Waals surface area contributed by atoms with Gasteiger partial charge in [-0.25, -0.2) is 0 Å². The molecule has 0 aromatic rings. The Morgan fingerprint density at radius 2 is 0.833 bits per heavy atom. The fraction of sp³-hybridized carbons (Fsp3) is 0. The average molecular weight is 240 g/mol. The van der Waals surface area contributed by atoms with Crippen LogP contribution in [0.25, 0.3) is 0 Å². The van der Waals surface area contributed by atoms with Gasteiger partial charge in [-0.1, -0.05) is 0 Å². The largest absolute Gasteiger partial charge is 1.00 e. The number of hydrogen-bond donors (Lipinski definition) is 2. The maximum absolute atomic E-state index is 8.77. The molecule has 0 amide bonds. The smallest absolute Gasteiger partial charge is 0.756 e. The van der Waals surface area contributed by atoms with Crippen molar-refractivity contribution in [2.75, 3.05) is 0 Å². The molecular weight excluding hydrogens is 232 g/mol. The van der Waals surface area contributed by atoms with Gasteiger partial charge < -0.3 is 14.7 Å². The summed E-state index contributed by atoms with van der Waals surface area (Å²) in [6, 6.07) is 0. The molecule has 0 aliphatic heterocycles. The molecule has 0 aromatic carbocycles. The number of rotatable bonds is 0. The topological polar surface area (TPSA) is 80.6 Å². The van der Waals surface area contributed by atoms with Crippen molar-refractivity contribution in [1.29, 1.82) is 0 Å². The Morgan fingerprint density at radius 1 is 0.833 bits per heavy atom. The van der Waals surface area contributed by atoms with Crippen molar-refractivity contribution in [3.8, 4) is 0 Å². The van der Waals surface area contributed by atoms with Crippen LogP contribution in [0, 0.1) is 0 Å². The molecule has 2 N–H and O–H groups in total. The zero-order chi connectivity index (χ0) is 4.50. The molecule has 0 saturated heterocycles. The molecule has 0 saturated carbocycles. The van der Waals surface area contributed by atoms with Crippen molar-refractivity contribution in [3.63, 3.8) is 0 Å². The summed E-state index contributed by atoms with van der Waals surface area (Å²) in [5.74, 6) is 0. The van der Waals surface area contributed by atoms with Crippen LogP contribution < -0.4 is 34.5 Å². The van der Waals surface area contributed by atoms with Crippen LogP contribution in [-0.2, 0) is 4.57 Å². The van der Waals surface area contributed by atoms with Crippen LogP contribution in [0.5, 0.6) is 0 Å². The summed E-state index contributed by atoms with van der Waals surface area (Å²) in [6.45, 7) is 0. The molecule has 0 heterocycles. The molecule has 4 nitrogen and oxygen atoms in total. The first-order valence-electron chi connectivity index (χ1n) is 0.765. The van der Waals surface area contributed by atoms with E-state index in [0.29, 0.717) is 0 Å². The van der Waals surface area contributed by atoms with E-state index >= 15 is 0 Å². The molecule has 12 heavy (non-hydrogen) atoms. The third-order valence-corrected chi connectivity index (χ3v) is 0. The van der Waals surface area contributed by atoms with Crippen LogP contribution in [0.15, 0.2) is 0 Å². The Hall–Kier alpha value is 0.690. The molecule has 0 unspecified atom stereocenters. The van der Waals surface area contributed by atoms with E-state index in [1.807, 2.05) is 0 Å². The summed E-state index contributed by atoms with van der Waals surface area (Å²) >= 11 is 0. The van der Waals surface area contributed by atoms with Crippen LogP contribution >= 0.6 is 7.82 Å². The van der Waals surface area contributed by atoms with Gasteiger partial charge in [0, 0.05) is 0 Å². The first-order chi connectivity index (χ1) is 2.00. The van der Waals surface area contributed by atoms with Gasteiger partial charge in [0.2, 0.25) is 0 Å².